The van der Waals surface area contributed by atoms with Crippen LogP contribution in [0.25, 0.3) is 11.0 Å². The lowest BCUT2D eigenvalue weighted by atomic mass is 10.0. The first kappa shape index (κ1) is 30.6. The SMILES string of the molecule is CC(=O)Nc1ccc(F)cc1OC[C@@H](O)CN1CCC(n2c(=O)[nH]c3cc(F)ccc32)CC1.O=C(O)C(F)(F)F. The van der Waals surface area contributed by atoms with Gasteiger partial charge >= 0.3 is 17.8 Å². The number of nitrogens with zero attached hydrogens (tertiary/aromatic N) is 2. The van der Waals surface area contributed by atoms with E-state index < -0.39 is 29.9 Å². The van der Waals surface area contributed by atoms with Crippen LogP contribution in [0.15, 0.2) is 41.2 Å². The lowest BCUT2D eigenvalue weighted by Crippen LogP contribution is -2.42. The Bertz CT molecular complexity index is 1400. The molecule has 218 valence electrons. The number of piperidine rings is 1. The Morgan fingerprint density at radius 2 is 1.73 bits per heavy atom. The van der Waals surface area contributed by atoms with Crippen LogP contribution < -0.4 is 15.7 Å². The number of hydrogen-bond donors (Lipinski definition) is 4. The third-order valence-electron chi connectivity index (χ3n) is 6.00. The Hall–Kier alpha value is -3.98. The van der Waals surface area contributed by atoms with E-state index >= 15 is 0 Å². The van der Waals surface area contributed by atoms with Crippen LogP contribution in [0, 0.1) is 11.6 Å². The van der Waals surface area contributed by atoms with Gasteiger partial charge in [-0.25, -0.2) is 18.4 Å². The summed E-state index contributed by atoms with van der Waals surface area (Å²) < 4.78 is 66.0. The maximum Gasteiger partial charge on any atom is 0.490 e. The van der Waals surface area contributed by atoms with Crippen LogP contribution in [0.3, 0.4) is 0 Å². The average Bonchev–Trinajstić information content (AvgIpc) is 3.18. The molecule has 1 saturated heterocycles. The number of alkyl halides is 3. The highest BCUT2D eigenvalue weighted by Gasteiger charge is 2.38. The lowest BCUT2D eigenvalue weighted by molar-refractivity contribution is -0.192. The van der Waals surface area contributed by atoms with Crippen molar-refractivity contribution in [3.63, 3.8) is 0 Å². The Kier molecular flexibility index (Phi) is 9.87. The van der Waals surface area contributed by atoms with Crippen LogP contribution in [0.1, 0.15) is 25.8 Å². The molecule has 0 unspecified atom stereocenters. The van der Waals surface area contributed by atoms with Crippen molar-refractivity contribution in [2.24, 2.45) is 0 Å². The molecule has 0 saturated carbocycles. The number of carbonyl (C=O) groups is 2. The first-order chi connectivity index (χ1) is 18.7. The molecule has 1 aromatic heterocycles. The number of amides is 1. The van der Waals surface area contributed by atoms with E-state index in [0.717, 1.165) is 6.07 Å². The van der Waals surface area contributed by atoms with Crippen molar-refractivity contribution >= 4 is 28.6 Å². The molecule has 1 amide bonds. The van der Waals surface area contributed by atoms with Crippen molar-refractivity contribution in [2.45, 2.75) is 38.1 Å². The summed E-state index contributed by atoms with van der Waals surface area (Å²) in [5.74, 6) is -3.82. The largest absolute Gasteiger partial charge is 0.490 e. The molecule has 3 aromatic rings. The molecule has 0 aliphatic carbocycles. The fourth-order valence-electron chi connectivity index (χ4n) is 4.27. The summed E-state index contributed by atoms with van der Waals surface area (Å²) in [6, 6.07) is 8.03. The predicted molar refractivity (Wildman–Crippen MR) is 133 cm³/mol. The van der Waals surface area contributed by atoms with Gasteiger partial charge in [-0.05, 0) is 43.2 Å². The van der Waals surface area contributed by atoms with E-state index in [-0.39, 0.29) is 30.0 Å². The minimum Gasteiger partial charge on any atom is -0.489 e. The zero-order valence-electron chi connectivity index (χ0n) is 21.2. The Morgan fingerprint density at radius 1 is 1.12 bits per heavy atom. The second-order valence-corrected chi connectivity index (χ2v) is 9.08. The predicted octanol–water partition coefficient (Wildman–Crippen LogP) is 3.28. The molecule has 1 aliphatic rings. The number of aliphatic hydroxyl groups excluding tert-OH is 1. The van der Waals surface area contributed by atoms with E-state index in [4.69, 9.17) is 14.6 Å². The van der Waals surface area contributed by atoms with E-state index in [0.29, 0.717) is 49.2 Å². The molecule has 1 fully saturated rings. The molecule has 4 N–H and O–H groups in total. The average molecular weight is 575 g/mol. The van der Waals surface area contributed by atoms with Crippen molar-refractivity contribution in [2.75, 3.05) is 31.6 Å². The normalized spacial score (nSPS) is 15.3. The minimum atomic E-state index is -5.08. The number of aromatic nitrogens is 2. The highest BCUT2D eigenvalue weighted by molar-refractivity contribution is 5.90. The second-order valence-electron chi connectivity index (χ2n) is 9.08. The highest BCUT2D eigenvalue weighted by Crippen LogP contribution is 2.27. The number of halogens is 5. The number of aliphatic hydroxyl groups is 1. The summed E-state index contributed by atoms with van der Waals surface area (Å²) in [6.45, 7) is 2.96. The van der Waals surface area contributed by atoms with Gasteiger partial charge in [-0.15, -0.1) is 0 Å². The van der Waals surface area contributed by atoms with Crippen molar-refractivity contribution < 1.29 is 46.5 Å². The monoisotopic (exact) mass is 574 g/mol. The van der Waals surface area contributed by atoms with E-state index in [1.54, 1.807) is 10.6 Å². The van der Waals surface area contributed by atoms with Gasteiger partial charge in [-0.2, -0.15) is 13.2 Å². The maximum atomic E-state index is 13.6. The molecule has 0 bridgehead atoms. The van der Waals surface area contributed by atoms with Gasteiger partial charge in [0.2, 0.25) is 5.91 Å². The number of aliphatic carboxylic acids is 1. The molecule has 2 heterocycles. The molecule has 40 heavy (non-hydrogen) atoms. The number of likely N-dealkylation sites (tertiary alicyclic amines) is 1. The van der Waals surface area contributed by atoms with Crippen LogP contribution in [-0.2, 0) is 9.59 Å². The van der Waals surface area contributed by atoms with E-state index in [1.165, 1.54) is 31.2 Å². The molecule has 2 aromatic carbocycles. The number of β-amino-alcohol motifs (C(OH)–C–C–N with tert-alkyl or cyclic N) is 1. The summed E-state index contributed by atoms with van der Waals surface area (Å²) in [5.41, 5.74) is 1.23. The molecule has 0 radical (unpaired) electrons. The quantitative estimate of drug-likeness (QED) is 0.318. The lowest BCUT2D eigenvalue weighted by Gasteiger charge is -2.33. The summed E-state index contributed by atoms with van der Waals surface area (Å²) in [4.78, 5) is 37.4. The fourth-order valence-corrected chi connectivity index (χ4v) is 4.27. The molecule has 4 rings (SSSR count). The van der Waals surface area contributed by atoms with Crippen LogP contribution in [0.5, 0.6) is 5.75 Å². The van der Waals surface area contributed by atoms with Gasteiger partial charge in [0.1, 0.15) is 30.1 Å². The number of hydrogen-bond acceptors (Lipinski definition) is 6. The standard InChI is InChI=1S/C23H26F2N4O4.C2HF3O2/c1-14(30)26-19-4-2-16(25)11-22(19)33-13-18(31)12-28-8-6-17(7-9-28)29-21-5-3-15(24)10-20(21)27-23(29)32;3-2(4,5)1(6)7/h2-5,10-11,17-18,31H,6-9,12-13H2,1H3,(H,26,30)(H,27,32);(H,6,7)/t18-;/m0./s1. The third-order valence-corrected chi connectivity index (χ3v) is 6.00. The summed E-state index contributed by atoms with van der Waals surface area (Å²) in [7, 11) is 0. The third kappa shape index (κ3) is 8.26. The van der Waals surface area contributed by atoms with Crippen molar-refractivity contribution in [1.29, 1.82) is 0 Å². The van der Waals surface area contributed by atoms with Crippen LogP contribution in [0.2, 0.25) is 0 Å². The molecular weight excluding hydrogens is 547 g/mol. The van der Waals surface area contributed by atoms with Crippen LogP contribution in [-0.4, -0.2) is 75.1 Å². The first-order valence-electron chi connectivity index (χ1n) is 12.0. The number of nitrogens with one attached hydrogen (secondary N) is 2. The molecular formula is C25H27F5N4O6. The summed E-state index contributed by atoms with van der Waals surface area (Å²) >= 11 is 0. The summed E-state index contributed by atoms with van der Waals surface area (Å²) in [6.07, 6.45) is -4.50. The van der Waals surface area contributed by atoms with Gasteiger partial charge < -0.3 is 30.2 Å². The van der Waals surface area contributed by atoms with Crippen LogP contribution >= 0.6 is 0 Å². The van der Waals surface area contributed by atoms with Crippen LogP contribution in [0.4, 0.5) is 27.6 Å². The van der Waals surface area contributed by atoms with Gasteiger partial charge in [0.25, 0.3) is 0 Å². The van der Waals surface area contributed by atoms with Crippen molar-refractivity contribution in [3.8, 4) is 5.75 Å². The molecule has 0 spiro atoms. The topological polar surface area (TPSA) is 137 Å². The number of anilines is 1. The Morgan fingerprint density at radius 3 is 2.33 bits per heavy atom. The highest BCUT2D eigenvalue weighted by atomic mass is 19.4. The maximum absolute atomic E-state index is 13.6. The van der Waals surface area contributed by atoms with Crippen molar-refractivity contribution in [3.05, 3.63) is 58.5 Å². The number of carboxylic acid groups (broad SMARTS) is 1. The number of aromatic amines is 1. The van der Waals surface area contributed by atoms with E-state index in [9.17, 15) is 36.6 Å². The number of H-pyrrole nitrogens is 1. The van der Waals surface area contributed by atoms with Gasteiger partial charge in [0.15, 0.2) is 0 Å². The van der Waals surface area contributed by atoms with E-state index in [1.807, 2.05) is 0 Å². The minimum absolute atomic E-state index is 0.0196. The van der Waals surface area contributed by atoms with Crippen molar-refractivity contribution in [1.82, 2.24) is 14.5 Å². The smallest absolute Gasteiger partial charge is 0.489 e. The summed E-state index contributed by atoms with van der Waals surface area (Å²) in [5, 5.41) is 20.1. The zero-order chi connectivity index (χ0) is 29.6. The number of imidazole rings is 1. The first-order valence-corrected chi connectivity index (χ1v) is 12.0. The number of rotatable bonds is 7. The molecule has 1 aliphatic heterocycles. The number of carbonyl (C=O) groups excluding carboxylic acids is 1. The number of carboxylic acids is 1. The van der Waals surface area contributed by atoms with Gasteiger partial charge in [-0.1, -0.05) is 0 Å². The second kappa shape index (κ2) is 12.9. The Labute approximate surface area is 224 Å². The van der Waals surface area contributed by atoms with E-state index in [2.05, 4.69) is 15.2 Å². The zero-order valence-corrected chi connectivity index (χ0v) is 21.2. The number of ether oxygens (including phenoxy) is 1. The molecule has 15 heteroatoms. The number of fused-ring (bicyclic) bond motifs is 1. The fraction of sp³-hybridized carbons (Fsp3) is 0.400. The number of benzene rings is 2. The molecule has 10 nitrogen and oxygen atoms in total. The molecule has 1 atom stereocenters. The van der Waals surface area contributed by atoms with Gasteiger partial charge in [0.05, 0.1) is 16.7 Å². The van der Waals surface area contributed by atoms with Gasteiger partial charge in [0, 0.05) is 38.7 Å². The van der Waals surface area contributed by atoms with Gasteiger partial charge in [-0.3, -0.25) is 9.36 Å². The Balaban J connectivity index is 0.000000559.